The molecule has 0 aromatic rings. The first kappa shape index (κ1) is 18.8. The molecule has 0 radical (unpaired) electrons. The Bertz CT molecular complexity index is 176. The van der Waals surface area contributed by atoms with E-state index in [2.05, 4.69) is 6.92 Å². The van der Waals surface area contributed by atoms with Crippen molar-refractivity contribution in [2.24, 2.45) is 0 Å². The summed E-state index contributed by atoms with van der Waals surface area (Å²) >= 11 is 0. The molecule has 0 saturated carbocycles. The average molecular weight is 276 g/mol. The molecule has 116 valence electrons. The Hall–Kier alpha value is -0.160. The van der Waals surface area contributed by atoms with E-state index in [0.29, 0.717) is 0 Å². The number of hydrogen-bond donors (Lipinski definition) is 0. The second-order valence-electron chi connectivity index (χ2n) is 5.06. The minimum atomic E-state index is -0.170. The van der Waals surface area contributed by atoms with Crippen LogP contribution < -0.4 is 0 Å². The summed E-state index contributed by atoms with van der Waals surface area (Å²) in [6.07, 6.45) is 13.2. The number of nitrogens with zero attached hydrogens (tertiary/aromatic N) is 1. The van der Waals surface area contributed by atoms with Crippen molar-refractivity contribution >= 4 is 0 Å². The zero-order valence-electron chi connectivity index (χ0n) is 13.5. The molecule has 19 heavy (non-hydrogen) atoms. The van der Waals surface area contributed by atoms with Crippen LogP contribution in [0.3, 0.4) is 0 Å². The fourth-order valence-corrected chi connectivity index (χ4v) is 2.29. The molecule has 0 saturated heterocycles. The lowest BCUT2D eigenvalue weighted by molar-refractivity contribution is -1.36. The van der Waals surface area contributed by atoms with Crippen LogP contribution in [0.25, 0.3) is 0 Å². The highest BCUT2D eigenvalue weighted by molar-refractivity contribution is 4.46. The predicted octanol–water partition coefficient (Wildman–Crippen LogP) is 4.41. The normalized spacial score (nSPS) is 12.0. The molecule has 0 aliphatic heterocycles. The van der Waals surface area contributed by atoms with E-state index in [-0.39, 0.29) is 4.97 Å². The summed E-state index contributed by atoms with van der Waals surface area (Å²) in [6.45, 7) is 3.00. The van der Waals surface area contributed by atoms with Crippen LogP contribution in [0.5, 0.6) is 0 Å². The first-order chi connectivity index (χ1) is 9.24. The van der Waals surface area contributed by atoms with Crippen molar-refractivity contribution in [1.82, 2.24) is 0 Å². The Labute approximate surface area is 119 Å². The van der Waals surface area contributed by atoms with Gasteiger partial charge in [0.05, 0.1) is 4.97 Å². The first-order valence-electron chi connectivity index (χ1n) is 7.80. The zero-order chi connectivity index (χ0) is 14.4. The number of unbranched alkanes of at least 4 members (excludes halogenated alkanes) is 9. The van der Waals surface area contributed by atoms with Gasteiger partial charge in [0.25, 0.3) is 0 Å². The Morgan fingerprint density at radius 1 is 0.579 bits per heavy atom. The van der Waals surface area contributed by atoms with Gasteiger partial charge in [0.1, 0.15) is 21.3 Å². The van der Waals surface area contributed by atoms with E-state index in [1.165, 1.54) is 57.8 Å². The molecule has 0 heterocycles. The van der Waals surface area contributed by atoms with Crippen LogP contribution in [0.4, 0.5) is 0 Å². The molecular formula is C15H34NO3+. The van der Waals surface area contributed by atoms with Gasteiger partial charge in [0, 0.05) is 6.42 Å². The third-order valence-electron chi connectivity index (χ3n) is 3.62. The van der Waals surface area contributed by atoms with Gasteiger partial charge in [0.2, 0.25) is 0 Å². The Morgan fingerprint density at radius 2 is 0.947 bits per heavy atom. The predicted molar refractivity (Wildman–Crippen MR) is 78.0 cm³/mol. The molecule has 0 N–H and O–H groups in total. The van der Waals surface area contributed by atoms with Crippen molar-refractivity contribution < 1.29 is 19.5 Å². The van der Waals surface area contributed by atoms with E-state index in [0.717, 1.165) is 13.0 Å². The van der Waals surface area contributed by atoms with Gasteiger partial charge in [-0.2, -0.15) is 0 Å². The molecule has 0 atom stereocenters. The molecule has 0 rings (SSSR count). The molecule has 0 unspecified atom stereocenters. The van der Waals surface area contributed by atoms with E-state index in [4.69, 9.17) is 14.5 Å². The van der Waals surface area contributed by atoms with Crippen LogP contribution in [0, 0.1) is 0 Å². The van der Waals surface area contributed by atoms with E-state index in [9.17, 15) is 0 Å². The standard InChI is InChI=1S/C15H34NO3/c1-5-6-7-8-9-10-11-12-13-14-15-16(17-2,18-3)19-4/h5-15H2,1-4H3/q+1. The third kappa shape index (κ3) is 9.38. The lowest BCUT2D eigenvalue weighted by Gasteiger charge is -2.24. The van der Waals surface area contributed by atoms with Crippen molar-refractivity contribution in [2.45, 2.75) is 71.1 Å². The summed E-state index contributed by atoms with van der Waals surface area (Å²) < 4.78 is 0. The highest BCUT2D eigenvalue weighted by Crippen LogP contribution is 2.14. The van der Waals surface area contributed by atoms with Crippen LogP contribution >= 0.6 is 0 Å². The number of hydrogen-bond acceptors (Lipinski definition) is 3. The summed E-state index contributed by atoms with van der Waals surface area (Å²) in [5.41, 5.74) is 0. The molecule has 4 heteroatoms. The molecule has 0 spiro atoms. The van der Waals surface area contributed by atoms with Gasteiger partial charge < -0.3 is 0 Å². The Morgan fingerprint density at radius 3 is 1.32 bits per heavy atom. The molecule has 0 aliphatic carbocycles. The fourth-order valence-electron chi connectivity index (χ4n) is 2.29. The molecule has 0 aromatic carbocycles. The molecular weight excluding hydrogens is 242 g/mol. The fraction of sp³-hybridized carbons (Fsp3) is 1.00. The average Bonchev–Trinajstić information content (AvgIpc) is 2.46. The monoisotopic (exact) mass is 276 g/mol. The van der Waals surface area contributed by atoms with Gasteiger partial charge in [-0.05, 0) is 6.42 Å². The van der Waals surface area contributed by atoms with E-state index in [1.54, 1.807) is 21.3 Å². The summed E-state index contributed by atoms with van der Waals surface area (Å²) in [6, 6.07) is 0. The molecule has 0 bridgehead atoms. The topological polar surface area (TPSA) is 27.7 Å². The van der Waals surface area contributed by atoms with Gasteiger partial charge in [-0.15, -0.1) is 14.5 Å². The molecule has 0 aliphatic rings. The van der Waals surface area contributed by atoms with Crippen LogP contribution in [-0.2, 0) is 14.5 Å². The summed E-state index contributed by atoms with van der Waals surface area (Å²) in [4.78, 5) is 15.5. The lowest BCUT2D eigenvalue weighted by Crippen LogP contribution is -2.45. The van der Waals surface area contributed by atoms with Crippen LogP contribution in [-0.4, -0.2) is 32.8 Å². The number of quaternary nitrogens is 1. The maximum atomic E-state index is 5.21. The van der Waals surface area contributed by atoms with Crippen molar-refractivity contribution in [3.8, 4) is 0 Å². The smallest absolute Gasteiger partial charge is 0.135 e. The van der Waals surface area contributed by atoms with E-state index in [1.807, 2.05) is 0 Å². The highest BCUT2D eigenvalue weighted by Gasteiger charge is 2.29. The largest absolute Gasteiger partial charge is 0.178 e. The summed E-state index contributed by atoms with van der Waals surface area (Å²) in [7, 11) is 4.80. The van der Waals surface area contributed by atoms with Gasteiger partial charge in [-0.3, -0.25) is 0 Å². The second kappa shape index (κ2) is 12.9. The zero-order valence-corrected chi connectivity index (χ0v) is 13.5. The minimum Gasteiger partial charge on any atom is -0.135 e. The first-order valence-corrected chi connectivity index (χ1v) is 7.80. The molecule has 0 fully saturated rings. The number of hydroxylamine groups is 3. The van der Waals surface area contributed by atoms with Crippen molar-refractivity contribution in [3.05, 3.63) is 0 Å². The molecule has 0 amide bonds. The van der Waals surface area contributed by atoms with Gasteiger partial charge >= 0.3 is 0 Å². The maximum Gasteiger partial charge on any atom is 0.178 e. The highest BCUT2D eigenvalue weighted by atomic mass is 17.2. The maximum absolute atomic E-state index is 5.21. The van der Waals surface area contributed by atoms with Crippen molar-refractivity contribution in [1.29, 1.82) is 0 Å². The van der Waals surface area contributed by atoms with Gasteiger partial charge in [-0.1, -0.05) is 58.3 Å². The van der Waals surface area contributed by atoms with Crippen molar-refractivity contribution in [2.75, 3.05) is 27.9 Å². The molecule has 0 aromatic heterocycles. The third-order valence-corrected chi connectivity index (χ3v) is 3.62. The second-order valence-corrected chi connectivity index (χ2v) is 5.06. The summed E-state index contributed by atoms with van der Waals surface area (Å²) in [5.74, 6) is 0. The van der Waals surface area contributed by atoms with Crippen LogP contribution in [0.15, 0.2) is 0 Å². The van der Waals surface area contributed by atoms with Crippen molar-refractivity contribution in [3.63, 3.8) is 0 Å². The SMILES string of the molecule is CCCCCCCCCCCC[N+](OC)(OC)OC. The quantitative estimate of drug-likeness (QED) is 0.267. The lowest BCUT2D eigenvalue weighted by atomic mass is 10.1. The summed E-state index contributed by atoms with van der Waals surface area (Å²) in [5, 5.41) is 0. The Balaban J connectivity index is 3.35. The van der Waals surface area contributed by atoms with E-state index >= 15 is 0 Å². The van der Waals surface area contributed by atoms with Crippen LogP contribution in [0.2, 0.25) is 0 Å². The van der Waals surface area contributed by atoms with E-state index < -0.39 is 0 Å². The van der Waals surface area contributed by atoms with Crippen LogP contribution in [0.1, 0.15) is 71.1 Å². The Kier molecular flexibility index (Phi) is 12.7. The number of rotatable bonds is 14. The minimum absolute atomic E-state index is 0.170. The van der Waals surface area contributed by atoms with Gasteiger partial charge in [-0.25, -0.2) is 0 Å². The van der Waals surface area contributed by atoms with Gasteiger partial charge in [0.15, 0.2) is 6.54 Å². The molecule has 4 nitrogen and oxygen atoms in total.